The van der Waals surface area contributed by atoms with Crippen LogP contribution in [0.1, 0.15) is 11.1 Å². The maximum absolute atomic E-state index is 5.20. The Morgan fingerprint density at radius 2 is 2.20 bits per heavy atom. The van der Waals surface area contributed by atoms with Crippen LogP contribution < -0.4 is 5.32 Å². The molecule has 2 heterocycles. The van der Waals surface area contributed by atoms with Gasteiger partial charge in [0.2, 0.25) is 12.3 Å². The minimum absolute atomic E-state index is 0.544. The van der Waals surface area contributed by atoms with Crippen LogP contribution in [0.25, 0.3) is 11.5 Å². The average Bonchev–Trinajstić information content (AvgIpc) is 3.08. The van der Waals surface area contributed by atoms with Gasteiger partial charge in [-0.15, -0.1) is 10.2 Å². The summed E-state index contributed by atoms with van der Waals surface area (Å²) < 4.78 is 7.25. The van der Waals surface area contributed by atoms with Gasteiger partial charge in [0.1, 0.15) is 0 Å². The van der Waals surface area contributed by atoms with E-state index >= 15 is 0 Å². The van der Waals surface area contributed by atoms with E-state index in [4.69, 9.17) is 4.42 Å². The Kier molecular flexibility index (Phi) is 3.25. The van der Waals surface area contributed by atoms with Crippen molar-refractivity contribution in [3.8, 4) is 11.5 Å². The van der Waals surface area contributed by atoms with Crippen LogP contribution in [0.4, 0.5) is 5.69 Å². The third-order valence-corrected chi connectivity index (χ3v) is 3.21. The van der Waals surface area contributed by atoms with Crippen LogP contribution >= 0.6 is 0 Å². The molecule has 1 aromatic carbocycles. The van der Waals surface area contributed by atoms with Gasteiger partial charge in [0.05, 0.1) is 0 Å². The molecule has 0 unspecified atom stereocenters. The Balaban J connectivity index is 1.74. The Bertz CT molecular complexity index is 700. The lowest BCUT2D eigenvalue weighted by Crippen LogP contribution is -2.00. The summed E-state index contributed by atoms with van der Waals surface area (Å²) in [7, 11) is 2.02. The van der Waals surface area contributed by atoms with E-state index in [-0.39, 0.29) is 0 Å². The van der Waals surface area contributed by atoms with Gasteiger partial charge in [-0.1, -0.05) is 0 Å². The molecule has 0 radical (unpaired) electrons. The summed E-state index contributed by atoms with van der Waals surface area (Å²) >= 11 is 0. The second-order valence-corrected chi connectivity index (χ2v) is 4.81. The molecule has 0 saturated carbocycles. The lowest BCUT2D eigenvalue weighted by molar-refractivity contribution is 0.568. The van der Waals surface area contributed by atoms with Crippen LogP contribution in [-0.4, -0.2) is 14.8 Å². The lowest BCUT2D eigenvalue weighted by atomic mass is 10.1. The fraction of sp³-hybridized carbons (Fsp3) is 0.200. The van der Waals surface area contributed by atoms with Gasteiger partial charge in [0, 0.05) is 37.2 Å². The van der Waals surface area contributed by atoms with Gasteiger partial charge in [-0.2, -0.15) is 0 Å². The summed E-state index contributed by atoms with van der Waals surface area (Å²) in [5.41, 5.74) is 4.45. The van der Waals surface area contributed by atoms with Crippen LogP contribution in [0.2, 0.25) is 0 Å². The highest BCUT2D eigenvalue weighted by molar-refractivity contribution is 5.62. The largest absolute Gasteiger partial charge is 0.423 e. The highest BCUT2D eigenvalue weighted by Crippen LogP contribution is 2.23. The number of aromatic nitrogens is 3. The zero-order valence-corrected chi connectivity index (χ0v) is 11.5. The first-order valence-corrected chi connectivity index (χ1v) is 6.44. The SMILES string of the molecule is Cc1cc(-c2nnco2)ccc1NCc1ccn(C)c1. The van der Waals surface area contributed by atoms with Crippen molar-refractivity contribution in [1.29, 1.82) is 0 Å². The maximum atomic E-state index is 5.20. The van der Waals surface area contributed by atoms with Gasteiger partial charge in [-0.05, 0) is 42.3 Å². The number of nitrogens with zero attached hydrogens (tertiary/aromatic N) is 3. The monoisotopic (exact) mass is 268 g/mol. The van der Waals surface area contributed by atoms with Gasteiger partial charge in [0.15, 0.2) is 0 Å². The molecule has 1 N–H and O–H groups in total. The van der Waals surface area contributed by atoms with E-state index in [0.29, 0.717) is 5.89 Å². The molecule has 0 spiro atoms. The van der Waals surface area contributed by atoms with Crippen molar-refractivity contribution in [1.82, 2.24) is 14.8 Å². The molecule has 5 heteroatoms. The number of anilines is 1. The molecule has 102 valence electrons. The third-order valence-electron chi connectivity index (χ3n) is 3.21. The second-order valence-electron chi connectivity index (χ2n) is 4.81. The second kappa shape index (κ2) is 5.21. The van der Waals surface area contributed by atoms with E-state index < -0.39 is 0 Å². The average molecular weight is 268 g/mol. The molecule has 2 aromatic heterocycles. The van der Waals surface area contributed by atoms with Gasteiger partial charge in [-0.25, -0.2) is 0 Å². The number of nitrogens with one attached hydrogen (secondary N) is 1. The predicted octanol–water partition coefficient (Wildman–Crippen LogP) is 3.00. The maximum Gasteiger partial charge on any atom is 0.247 e. The highest BCUT2D eigenvalue weighted by Gasteiger charge is 2.06. The highest BCUT2D eigenvalue weighted by atomic mass is 16.4. The van der Waals surface area contributed by atoms with E-state index in [1.165, 1.54) is 12.0 Å². The summed E-state index contributed by atoms with van der Waals surface area (Å²) in [6.07, 6.45) is 5.49. The van der Waals surface area contributed by atoms with Crippen LogP contribution in [0.3, 0.4) is 0 Å². The molecule has 0 saturated heterocycles. The summed E-state index contributed by atoms with van der Waals surface area (Å²) in [4.78, 5) is 0. The Morgan fingerprint density at radius 3 is 2.85 bits per heavy atom. The summed E-state index contributed by atoms with van der Waals surface area (Å²) in [6.45, 7) is 2.87. The molecule has 0 atom stereocenters. The smallest absolute Gasteiger partial charge is 0.247 e. The topological polar surface area (TPSA) is 55.9 Å². The molecule has 0 aliphatic heterocycles. The first kappa shape index (κ1) is 12.5. The molecule has 0 amide bonds. The summed E-state index contributed by atoms with van der Waals surface area (Å²) in [5.74, 6) is 0.544. The van der Waals surface area contributed by atoms with Crippen LogP contribution in [0.15, 0.2) is 47.5 Å². The zero-order valence-electron chi connectivity index (χ0n) is 11.5. The molecule has 0 bridgehead atoms. The quantitative estimate of drug-likeness (QED) is 0.790. The fourth-order valence-electron chi connectivity index (χ4n) is 2.16. The van der Waals surface area contributed by atoms with Crippen molar-refractivity contribution in [2.24, 2.45) is 7.05 Å². The molecule has 5 nitrogen and oxygen atoms in total. The predicted molar refractivity (Wildman–Crippen MR) is 77.2 cm³/mol. The van der Waals surface area contributed by atoms with Gasteiger partial charge < -0.3 is 14.3 Å². The first-order chi connectivity index (χ1) is 9.72. The van der Waals surface area contributed by atoms with Crippen molar-refractivity contribution >= 4 is 5.69 Å². The standard InChI is InChI=1S/C15H16N4O/c1-11-7-13(15-18-17-10-20-15)3-4-14(11)16-8-12-5-6-19(2)9-12/h3-7,9-10,16H,8H2,1-2H3. The number of aryl methyl sites for hydroxylation is 2. The Labute approximate surface area is 117 Å². The molecule has 3 rings (SSSR count). The van der Waals surface area contributed by atoms with Crippen molar-refractivity contribution in [2.75, 3.05) is 5.32 Å². The van der Waals surface area contributed by atoms with E-state index in [9.17, 15) is 0 Å². The molecular formula is C15H16N4O. The van der Waals surface area contributed by atoms with E-state index in [0.717, 1.165) is 23.4 Å². The lowest BCUT2D eigenvalue weighted by Gasteiger charge is -2.09. The number of benzene rings is 1. The molecule has 20 heavy (non-hydrogen) atoms. The van der Waals surface area contributed by atoms with Gasteiger partial charge >= 0.3 is 0 Å². The number of hydrogen-bond acceptors (Lipinski definition) is 4. The van der Waals surface area contributed by atoms with Crippen molar-refractivity contribution in [3.63, 3.8) is 0 Å². The van der Waals surface area contributed by atoms with Crippen LogP contribution in [0.5, 0.6) is 0 Å². The molecule has 0 fully saturated rings. The van der Waals surface area contributed by atoms with Gasteiger partial charge in [-0.3, -0.25) is 0 Å². The van der Waals surface area contributed by atoms with E-state index in [1.54, 1.807) is 0 Å². The number of hydrogen-bond donors (Lipinski definition) is 1. The molecule has 3 aromatic rings. The molecule has 0 aliphatic carbocycles. The van der Waals surface area contributed by atoms with Crippen LogP contribution in [-0.2, 0) is 13.6 Å². The molecular weight excluding hydrogens is 252 g/mol. The van der Waals surface area contributed by atoms with Crippen molar-refractivity contribution < 1.29 is 4.42 Å². The minimum atomic E-state index is 0.544. The Morgan fingerprint density at radius 1 is 1.30 bits per heavy atom. The molecule has 0 aliphatic rings. The van der Waals surface area contributed by atoms with Crippen LogP contribution in [0, 0.1) is 6.92 Å². The normalized spacial score (nSPS) is 10.7. The first-order valence-electron chi connectivity index (χ1n) is 6.44. The van der Waals surface area contributed by atoms with E-state index in [1.807, 2.05) is 36.0 Å². The minimum Gasteiger partial charge on any atom is -0.423 e. The summed E-state index contributed by atoms with van der Waals surface area (Å²) in [5, 5.41) is 11.0. The zero-order chi connectivity index (χ0) is 13.9. The summed E-state index contributed by atoms with van der Waals surface area (Å²) in [6, 6.07) is 8.17. The van der Waals surface area contributed by atoms with Gasteiger partial charge in [0.25, 0.3) is 0 Å². The third kappa shape index (κ3) is 2.56. The number of rotatable bonds is 4. The van der Waals surface area contributed by atoms with Crippen molar-refractivity contribution in [2.45, 2.75) is 13.5 Å². The van der Waals surface area contributed by atoms with E-state index in [2.05, 4.69) is 34.7 Å². The Hall–Kier alpha value is -2.56. The fourth-order valence-corrected chi connectivity index (χ4v) is 2.16. The van der Waals surface area contributed by atoms with Crippen molar-refractivity contribution in [3.05, 3.63) is 54.2 Å².